The molecular weight excluding hydrogens is 271 g/mol. The van der Waals surface area contributed by atoms with E-state index in [1.54, 1.807) is 0 Å². The van der Waals surface area contributed by atoms with Gasteiger partial charge in [0.05, 0.1) is 12.3 Å². The smallest absolute Gasteiger partial charge is 0.371 e. The van der Waals surface area contributed by atoms with Gasteiger partial charge in [-0.2, -0.15) is 18.3 Å². The molecule has 116 valence electrons. The number of hydrogen-bond donors (Lipinski definition) is 1. The second kappa shape index (κ2) is 7.08. The Labute approximate surface area is 117 Å². The van der Waals surface area contributed by atoms with Crippen molar-refractivity contribution in [3.63, 3.8) is 0 Å². The van der Waals surface area contributed by atoms with Crippen LogP contribution in [0.15, 0.2) is 0 Å². The molecule has 1 rings (SSSR count). The zero-order chi connectivity index (χ0) is 15.3. The van der Waals surface area contributed by atoms with Gasteiger partial charge < -0.3 is 10.1 Å². The van der Waals surface area contributed by atoms with Crippen LogP contribution in [-0.2, 0) is 11.3 Å². The maximum absolute atomic E-state index is 11.9. The predicted molar refractivity (Wildman–Crippen MR) is 70.7 cm³/mol. The molecule has 0 saturated carbocycles. The number of ether oxygens (including phenoxy) is 1. The Kier molecular flexibility index (Phi) is 6.01. The lowest BCUT2D eigenvalue weighted by molar-refractivity contribution is -0.173. The molecule has 1 aromatic heterocycles. The highest BCUT2D eigenvalue weighted by Crippen LogP contribution is 2.21. The first-order valence-corrected chi connectivity index (χ1v) is 6.68. The lowest BCUT2D eigenvalue weighted by atomic mass is 10.1. The van der Waals surface area contributed by atoms with E-state index in [1.807, 2.05) is 32.4 Å². The van der Waals surface area contributed by atoms with Crippen molar-refractivity contribution in [2.45, 2.75) is 46.5 Å². The van der Waals surface area contributed by atoms with Crippen molar-refractivity contribution in [3.8, 4) is 0 Å². The van der Waals surface area contributed by atoms with Crippen LogP contribution in [-0.4, -0.2) is 35.7 Å². The summed E-state index contributed by atoms with van der Waals surface area (Å²) in [6.45, 7) is 7.93. The molecule has 0 aliphatic rings. The molecule has 20 heavy (non-hydrogen) atoms. The van der Waals surface area contributed by atoms with Crippen molar-refractivity contribution in [1.29, 1.82) is 0 Å². The molecule has 0 spiro atoms. The van der Waals surface area contributed by atoms with Crippen molar-refractivity contribution >= 4 is 0 Å². The van der Waals surface area contributed by atoms with Crippen LogP contribution in [0.4, 0.5) is 13.2 Å². The number of aryl methyl sites for hydroxylation is 2. The van der Waals surface area contributed by atoms with Gasteiger partial charge in [0.25, 0.3) is 0 Å². The van der Waals surface area contributed by atoms with Gasteiger partial charge in [-0.05, 0) is 27.7 Å². The number of aromatic nitrogens is 2. The lowest BCUT2D eigenvalue weighted by Gasteiger charge is -2.15. The van der Waals surface area contributed by atoms with E-state index >= 15 is 0 Å². The van der Waals surface area contributed by atoms with Gasteiger partial charge in [0.15, 0.2) is 0 Å². The van der Waals surface area contributed by atoms with Crippen molar-refractivity contribution < 1.29 is 17.9 Å². The molecule has 0 saturated heterocycles. The van der Waals surface area contributed by atoms with Crippen molar-refractivity contribution in [2.24, 2.45) is 0 Å². The van der Waals surface area contributed by atoms with E-state index in [9.17, 15) is 13.2 Å². The molecule has 1 unspecified atom stereocenters. The van der Waals surface area contributed by atoms with E-state index in [1.165, 1.54) is 0 Å². The zero-order valence-corrected chi connectivity index (χ0v) is 12.3. The molecular formula is C13H22F3N3O. The molecule has 1 N–H and O–H groups in total. The molecule has 1 aromatic rings. The van der Waals surface area contributed by atoms with E-state index in [0.29, 0.717) is 6.54 Å². The number of nitrogens with zero attached hydrogens (tertiary/aromatic N) is 2. The van der Waals surface area contributed by atoms with Gasteiger partial charge >= 0.3 is 6.18 Å². The van der Waals surface area contributed by atoms with Crippen LogP contribution < -0.4 is 5.32 Å². The van der Waals surface area contributed by atoms with Gasteiger partial charge in [-0.3, -0.25) is 4.68 Å². The summed E-state index contributed by atoms with van der Waals surface area (Å²) < 4.78 is 42.2. The lowest BCUT2D eigenvalue weighted by Crippen LogP contribution is -2.26. The fourth-order valence-electron chi connectivity index (χ4n) is 2.28. The second-order valence-electron chi connectivity index (χ2n) is 4.74. The summed E-state index contributed by atoms with van der Waals surface area (Å²) in [5.41, 5.74) is 3.13. The van der Waals surface area contributed by atoms with E-state index in [-0.39, 0.29) is 12.6 Å². The molecule has 0 aliphatic heterocycles. The van der Waals surface area contributed by atoms with Crippen molar-refractivity contribution in [3.05, 3.63) is 17.0 Å². The number of rotatable bonds is 7. The van der Waals surface area contributed by atoms with Crippen LogP contribution in [0.3, 0.4) is 0 Å². The minimum Gasteiger partial charge on any atom is -0.371 e. The second-order valence-corrected chi connectivity index (χ2v) is 4.74. The Morgan fingerprint density at radius 1 is 1.35 bits per heavy atom. The standard InChI is InChI=1S/C13H22F3N3O/c1-5-19-11(4)12(10(3)18-19)9(2)17-6-7-20-8-13(14,15)16/h9,17H,5-8H2,1-4H3. The first-order chi connectivity index (χ1) is 9.26. The van der Waals surface area contributed by atoms with Crippen LogP contribution in [0, 0.1) is 13.8 Å². The number of halogens is 3. The Morgan fingerprint density at radius 3 is 2.50 bits per heavy atom. The largest absolute Gasteiger partial charge is 0.411 e. The maximum Gasteiger partial charge on any atom is 0.411 e. The molecule has 0 fully saturated rings. The van der Waals surface area contributed by atoms with Crippen molar-refractivity contribution in [1.82, 2.24) is 15.1 Å². The predicted octanol–water partition coefficient (Wildman–Crippen LogP) is 2.75. The summed E-state index contributed by atoms with van der Waals surface area (Å²) >= 11 is 0. The molecule has 0 amide bonds. The molecule has 0 radical (unpaired) electrons. The third-order valence-corrected chi connectivity index (χ3v) is 3.13. The SMILES string of the molecule is CCn1nc(C)c(C(C)NCCOCC(F)(F)F)c1C. The highest BCUT2D eigenvalue weighted by atomic mass is 19.4. The van der Waals surface area contributed by atoms with Crippen molar-refractivity contribution in [2.75, 3.05) is 19.8 Å². The average Bonchev–Trinajstić information content (AvgIpc) is 2.62. The highest BCUT2D eigenvalue weighted by molar-refractivity contribution is 5.27. The molecule has 1 atom stereocenters. The molecule has 0 bridgehead atoms. The van der Waals surface area contributed by atoms with Gasteiger partial charge in [0.2, 0.25) is 0 Å². The fraction of sp³-hybridized carbons (Fsp3) is 0.769. The first-order valence-electron chi connectivity index (χ1n) is 6.68. The number of alkyl halides is 3. The van der Waals surface area contributed by atoms with Crippen LogP contribution in [0.1, 0.15) is 36.8 Å². The summed E-state index contributed by atoms with van der Waals surface area (Å²) in [6, 6.07) is 0.0322. The quantitative estimate of drug-likeness (QED) is 0.786. The van der Waals surface area contributed by atoms with E-state index in [2.05, 4.69) is 15.2 Å². The first kappa shape index (κ1) is 17.0. The van der Waals surface area contributed by atoms with Gasteiger partial charge in [-0.15, -0.1) is 0 Å². The number of hydrogen-bond acceptors (Lipinski definition) is 3. The summed E-state index contributed by atoms with van der Waals surface area (Å²) in [5.74, 6) is 0. The van der Waals surface area contributed by atoms with Gasteiger partial charge in [0.1, 0.15) is 6.61 Å². The molecule has 0 aliphatic carbocycles. The molecule has 4 nitrogen and oxygen atoms in total. The average molecular weight is 293 g/mol. The Morgan fingerprint density at radius 2 is 2.00 bits per heavy atom. The van der Waals surface area contributed by atoms with Gasteiger partial charge in [-0.25, -0.2) is 0 Å². The van der Waals surface area contributed by atoms with E-state index in [4.69, 9.17) is 0 Å². The topological polar surface area (TPSA) is 39.1 Å². The molecule has 0 aromatic carbocycles. The van der Waals surface area contributed by atoms with Gasteiger partial charge in [0, 0.05) is 30.4 Å². The maximum atomic E-state index is 11.9. The summed E-state index contributed by atoms with van der Waals surface area (Å²) in [4.78, 5) is 0. The third kappa shape index (κ3) is 4.79. The summed E-state index contributed by atoms with van der Waals surface area (Å²) in [7, 11) is 0. The highest BCUT2D eigenvalue weighted by Gasteiger charge is 2.27. The Bertz CT molecular complexity index is 429. The van der Waals surface area contributed by atoms with Crippen LogP contribution in [0.25, 0.3) is 0 Å². The molecule has 1 heterocycles. The monoisotopic (exact) mass is 293 g/mol. The van der Waals surface area contributed by atoms with E-state index < -0.39 is 12.8 Å². The summed E-state index contributed by atoms with van der Waals surface area (Å²) in [6.07, 6.45) is -4.26. The van der Waals surface area contributed by atoms with Crippen LogP contribution in [0.2, 0.25) is 0 Å². The molecule has 7 heteroatoms. The minimum atomic E-state index is -4.26. The van der Waals surface area contributed by atoms with Gasteiger partial charge in [-0.1, -0.05) is 0 Å². The normalized spacial score (nSPS) is 13.8. The minimum absolute atomic E-state index is 0.0316. The Hall–Kier alpha value is -1.08. The fourth-order valence-corrected chi connectivity index (χ4v) is 2.28. The third-order valence-electron chi connectivity index (χ3n) is 3.13. The summed E-state index contributed by atoms with van der Waals surface area (Å²) in [5, 5.41) is 7.58. The zero-order valence-electron chi connectivity index (χ0n) is 12.3. The number of nitrogens with one attached hydrogen (secondary N) is 1. The Balaban J connectivity index is 2.44. The van der Waals surface area contributed by atoms with E-state index in [0.717, 1.165) is 23.5 Å². The van der Waals surface area contributed by atoms with Crippen LogP contribution in [0.5, 0.6) is 0 Å². The van der Waals surface area contributed by atoms with Crippen LogP contribution >= 0.6 is 0 Å².